The molecule has 0 aromatic carbocycles. The Morgan fingerprint density at radius 3 is 2.42 bits per heavy atom. The van der Waals surface area contributed by atoms with Crippen LogP contribution in [0.25, 0.3) is 0 Å². The number of carboxylic acid groups (broad SMARTS) is 1. The van der Waals surface area contributed by atoms with E-state index in [0.717, 1.165) is 37.3 Å². The van der Waals surface area contributed by atoms with Crippen molar-refractivity contribution in [1.29, 1.82) is 0 Å². The number of anilines is 1. The Balaban J connectivity index is 0.000000423. The van der Waals surface area contributed by atoms with Gasteiger partial charge in [0, 0.05) is 33.0 Å². The lowest BCUT2D eigenvalue weighted by molar-refractivity contribution is -0.192. The van der Waals surface area contributed by atoms with Crippen molar-refractivity contribution in [2.24, 2.45) is 0 Å². The molecule has 3 rings (SSSR count). The second-order valence-electron chi connectivity index (χ2n) is 7.59. The van der Waals surface area contributed by atoms with Gasteiger partial charge in [0.15, 0.2) is 0 Å². The first-order valence-corrected chi connectivity index (χ1v) is 9.77. The summed E-state index contributed by atoms with van der Waals surface area (Å²) >= 11 is 0. The van der Waals surface area contributed by atoms with Crippen LogP contribution in [0, 0.1) is 6.92 Å². The van der Waals surface area contributed by atoms with E-state index in [9.17, 15) is 18.0 Å². The summed E-state index contributed by atoms with van der Waals surface area (Å²) in [5.74, 6) is -1.98. The summed E-state index contributed by atoms with van der Waals surface area (Å²) in [6.07, 6.45) is 1.85. The highest BCUT2D eigenvalue weighted by molar-refractivity contribution is 5.76. The molecule has 174 valence electrons. The Morgan fingerprint density at radius 1 is 1.26 bits per heavy atom. The van der Waals surface area contributed by atoms with Crippen LogP contribution in [0.15, 0.2) is 12.4 Å². The molecule has 0 unspecified atom stereocenters. The molecule has 1 N–H and O–H groups in total. The van der Waals surface area contributed by atoms with Crippen LogP contribution in [0.2, 0.25) is 0 Å². The lowest BCUT2D eigenvalue weighted by Crippen LogP contribution is -2.44. The van der Waals surface area contributed by atoms with E-state index in [1.165, 1.54) is 4.90 Å². The van der Waals surface area contributed by atoms with Gasteiger partial charge in [-0.25, -0.2) is 14.8 Å². The molecule has 2 fully saturated rings. The maximum Gasteiger partial charge on any atom is 0.490 e. The molecule has 0 saturated carbocycles. The van der Waals surface area contributed by atoms with Gasteiger partial charge >= 0.3 is 12.1 Å². The van der Waals surface area contributed by atoms with Gasteiger partial charge in [0.2, 0.25) is 11.9 Å². The molecule has 1 aromatic heterocycles. The lowest BCUT2D eigenvalue weighted by atomic mass is 9.99. The standard InChI is InChI=1S/C17H26N4O3.C2HF3O2/c1-12-8-18-17(19-9-12)21-7-6-15-14(21)5-4-13(24-15)10-23-11-16(22)20(2)3;3-2(4,5)1(6)7/h8-9,13-15H,4-7,10-11H2,1-3H3;(H,6,7)/t13-,14+,15+;/m1./s1. The Kier molecular flexibility index (Phi) is 8.57. The topological polar surface area (TPSA) is 105 Å². The Labute approximate surface area is 178 Å². The lowest BCUT2D eigenvalue weighted by Gasteiger charge is -2.35. The predicted octanol–water partition coefficient (Wildman–Crippen LogP) is 1.65. The predicted molar refractivity (Wildman–Crippen MR) is 104 cm³/mol. The normalized spacial score (nSPS) is 22.9. The van der Waals surface area contributed by atoms with E-state index in [1.54, 1.807) is 14.1 Å². The van der Waals surface area contributed by atoms with Gasteiger partial charge in [-0.3, -0.25) is 4.79 Å². The van der Waals surface area contributed by atoms with Crippen molar-refractivity contribution in [1.82, 2.24) is 14.9 Å². The van der Waals surface area contributed by atoms with E-state index in [-0.39, 0.29) is 24.7 Å². The number of carbonyl (C=O) groups is 2. The molecular weight excluding hydrogens is 421 g/mol. The zero-order valence-corrected chi connectivity index (χ0v) is 17.6. The largest absolute Gasteiger partial charge is 0.490 e. The number of nitrogens with zero attached hydrogens (tertiary/aromatic N) is 4. The molecule has 12 heteroatoms. The molecule has 0 spiro atoms. The second-order valence-corrected chi connectivity index (χ2v) is 7.59. The zero-order chi connectivity index (χ0) is 23.2. The molecule has 2 aliphatic rings. The number of hydrogen-bond donors (Lipinski definition) is 1. The second kappa shape index (κ2) is 10.7. The fraction of sp³-hybridized carbons (Fsp3) is 0.684. The fourth-order valence-corrected chi connectivity index (χ4v) is 3.31. The van der Waals surface area contributed by atoms with Gasteiger partial charge in [0.05, 0.1) is 24.9 Å². The quantitative estimate of drug-likeness (QED) is 0.725. The van der Waals surface area contributed by atoms with Gasteiger partial charge in [0.1, 0.15) is 6.61 Å². The number of amides is 1. The summed E-state index contributed by atoms with van der Waals surface area (Å²) in [7, 11) is 3.46. The Morgan fingerprint density at radius 2 is 1.87 bits per heavy atom. The van der Waals surface area contributed by atoms with Crippen molar-refractivity contribution in [3.8, 4) is 0 Å². The van der Waals surface area contributed by atoms with Crippen LogP contribution in [-0.2, 0) is 19.1 Å². The number of hydrogen-bond acceptors (Lipinski definition) is 7. The van der Waals surface area contributed by atoms with Crippen LogP contribution in [0.4, 0.5) is 19.1 Å². The molecule has 9 nitrogen and oxygen atoms in total. The van der Waals surface area contributed by atoms with Crippen LogP contribution >= 0.6 is 0 Å². The maximum absolute atomic E-state index is 11.5. The molecule has 2 aliphatic heterocycles. The Bertz CT molecular complexity index is 745. The minimum atomic E-state index is -5.08. The number of aromatic nitrogens is 2. The Hall–Kier alpha value is -2.47. The molecule has 3 atom stereocenters. The maximum atomic E-state index is 11.5. The van der Waals surface area contributed by atoms with Crippen LogP contribution in [0.1, 0.15) is 24.8 Å². The molecule has 0 aliphatic carbocycles. The fourth-order valence-electron chi connectivity index (χ4n) is 3.31. The first-order valence-electron chi connectivity index (χ1n) is 9.77. The van der Waals surface area contributed by atoms with Crippen molar-refractivity contribution in [2.45, 2.75) is 50.6 Å². The summed E-state index contributed by atoms with van der Waals surface area (Å²) in [5, 5.41) is 7.12. The van der Waals surface area contributed by atoms with Crippen molar-refractivity contribution in [2.75, 3.05) is 38.8 Å². The molecule has 31 heavy (non-hydrogen) atoms. The van der Waals surface area contributed by atoms with Crippen LogP contribution in [-0.4, -0.2) is 90.1 Å². The SMILES string of the molecule is Cc1cnc(N2CC[C@@H]3O[C@@H](COCC(=O)N(C)C)CC[C@@H]32)nc1.O=C(O)C(F)(F)F. The van der Waals surface area contributed by atoms with E-state index in [0.29, 0.717) is 12.6 Å². The number of aryl methyl sites for hydroxylation is 1. The van der Waals surface area contributed by atoms with Gasteiger partial charge in [-0.15, -0.1) is 0 Å². The van der Waals surface area contributed by atoms with E-state index in [1.807, 2.05) is 19.3 Å². The minimum Gasteiger partial charge on any atom is -0.475 e. The van der Waals surface area contributed by atoms with Gasteiger partial charge in [-0.05, 0) is 31.7 Å². The average Bonchev–Trinajstić information content (AvgIpc) is 3.11. The molecule has 0 bridgehead atoms. The number of carbonyl (C=O) groups excluding carboxylic acids is 1. The third-order valence-corrected chi connectivity index (χ3v) is 4.93. The number of halogens is 3. The number of aliphatic carboxylic acids is 1. The summed E-state index contributed by atoms with van der Waals surface area (Å²) in [6.45, 7) is 3.51. The van der Waals surface area contributed by atoms with Crippen molar-refractivity contribution in [3.63, 3.8) is 0 Å². The third kappa shape index (κ3) is 7.31. The molecular formula is C19H27F3N4O5. The van der Waals surface area contributed by atoms with E-state index >= 15 is 0 Å². The van der Waals surface area contributed by atoms with Gasteiger partial charge in [-0.1, -0.05) is 0 Å². The van der Waals surface area contributed by atoms with E-state index in [2.05, 4.69) is 14.9 Å². The van der Waals surface area contributed by atoms with E-state index < -0.39 is 12.1 Å². The van der Waals surface area contributed by atoms with Crippen molar-refractivity contribution in [3.05, 3.63) is 18.0 Å². The molecule has 3 heterocycles. The summed E-state index contributed by atoms with van der Waals surface area (Å²) < 4.78 is 43.4. The molecule has 2 saturated heterocycles. The van der Waals surface area contributed by atoms with Crippen molar-refractivity contribution < 1.29 is 37.3 Å². The van der Waals surface area contributed by atoms with Gasteiger partial charge in [0.25, 0.3) is 0 Å². The van der Waals surface area contributed by atoms with Crippen LogP contribution in [0.3, 0.4) is 0 Å². The van der Waals surface area contributed by atoms with Crippen molar-refractivity contribution >= 4 is 17.8 Å². The third-order valence-electron chi connectivity index (χ3n) is 4.93. The monoisotopic (exact) mass is 448 g/mol. The van der Waals surface area contributed by atoms with Gasteiger partial charge in [-0.2, -0.15) is 13.2 Å². The first-order chi connectivity index (χ1) is 14.5. The highest BCUT2D eigenvalue weighted by atomic mass is 19.4. The number of alkyl halides is 3. The van der Waals surface area contributed by atoms with E-state index in [4.69, 9.17) is 19.4 Å². The van der Waals surface area contributed by atoms with Crippen LogP contribution < -0.4 is 4.90 Å². The van der Waals surface area contributed by atoms with Crippen LogP contribution in [0.5, 0.6) is 0 Å². The highest BCUT2D eigenvalue weighted by Gasteiger charge is 2.41. The number of rotatable bonds is 5. The summed E-state index contributed by atoms with van der Waals surface area (Å²) in [5.41, 5.74) is 1.07. The smallest absolute Gasteiger partial charge is 0.475 e. The zero-order valence-electron chi connectivity index (χ0n) is 17.6. The molecule has 1 aromatic rings. The summed E-state index contributed by atoms with van der Waals surface area (Å²) in [6, 6.07) is 0.340. The number of ether oxygens (including phenoxy) is 2. The molecule has 0 radical (unpaired) electrons. The highest BCUT2D eigenvalue weighted by Crippen LogP contribution is 2.33. The number of fused-ring (bicyclic) bond motifs is 1. The number of carboxylic acids is 1. The average molecular weight is 448 g/mol. The number of likely N-dealkylation sites (N-methyl/N-ethyl adjacent to an activating group) is 1. The van der Waals surface area contributed by atoms with Gasteiger partial charge < -0.3 is 24.4 Å². The first kappa shape index (κ1) is 24.8. The minimum absolute atomic E-state index is 0.0211. The summed E-state index contributed by atoms with van der Waals surface area (Å²) in [4.78, 5) is 33.1. The molecule has 1 amide bonds.